The molecular weight excluding hydrogens is 362 g/mol. The van der Waals surface area contributed by atoms with Crippen LogP contribution in [-0.2, 0) is 25.5 Å². The molecule has 0 unspecified atom stereocenters. The number of carbonyl (C=O) groups is 4. The van der Waals surface area contributed by atoms with Crippen molar-refractivity contribution >= 4 is 23.8 Å². The number of nitrogens with one attached hydrogen (secondary N) is 2. The number of amides is 4. The maximum absolute atomic E-state index is 12.7. The van der Waals surface area contributed by atoms with Gasteiger partial charge in [-0.05, 0) is 46.1 Å². The summed E-state index contributed by atoms with van der Waals surface area (Å²) in [5, 5.41) is 5.31. The zero-order valence-electron chi connectivity index (χ0n) is 16.7. The van der Waals surface area contributed by atoms with Crippen molar-refractivity contribution in [1.82, 2.24) is 15.5 Å². The van der Waals surface area contributed by atoms with Crippen LogP contribution in [-0.4, -0.2) is 52.9 Å². The molecule has 0 aromatic heterocycles. The second-order valence-electron chi connectivity index (χ2n) is 8.10. The first-order valence-corrected chi connectivity index (χ1v) is 9.15. The maximum Gasteiger partial charge on any atom is 0.326 e. The molecule has 0 radical (unpaired) electrons. The van der Waals surface area contributed by atoms with Crippen molar-refractivity contribution < 1.29 is 23.9 Å². The van der Waals surface area contributed by atoms with E-state index < -0.39 is 48.0 Å². The van der Waals surface area contributed by atoms with Crippen LogP contribution in [0.25, 0.3) is 0 Å². The van der Waals surface area contributed by atoms with E-state index in [1.54, 1.807) is 27.7 Å². The fourth-order valence-corrected chi connectivity index (χ4v) is 2.87. The van der Waals surface area contributed by atoms with Gasteiger partial charge >= 0.3 is 12.0 Å². The Bertz CT molecular complexity index is 757. The lowest BCUT2D eigenvalue weighted by atomic mass is 9.93. The fraction of sp³-hybridized carbons (Fsp3) is 0.500. The summed E-state index contributed by atoms with van der Waals surface area (Å²) in [5.41, 5.74) is -0.487. The van der Waals surface area contributed by atoms with E-state index in [9.17, 15) is 19.2 Å². The highest BCUT2D eigenvalue weighted by Gasteiger charge is 2.48. The quantitative estimate of drug-likeness (QED) is 0.542. The monoisotopic (exact) mass is 389 g/mol. The smallest absolute Gasteiger partial charge is 0.326 e. The van der Waals surface area contributed by atoms with Crippen LogP contribution in [0, 0.1) is 0 Å². The molecule has 28 heavy (non-hydrogen) atoms. The summed E-state index contributed by atoms with van der Waals surface area (Å²) >= 11 is 0. The molecule has 1 atom stereocenters. The van der Waals surface area contributed by atoms with Crippen LogP contribution >= 0.6 is 0 Å². The Hall–Kier alpha value is -2.90. The molecule has 4 amide bonds. The van der Waals surface area contributed by atoms with Crippen molar-refractivity contribution in [3.05, 3.63) is 35.9 Å². The molecule has 1 heterocycles. The molecule has 1 saturated heterocycles. The van der Waals surface area contributed by atoms with Crippen LogP contribution in [0.4, 0.5) is 4.79 Å². The second kappa shape index (κ2) is 8.41. The Kier molecular flexibility index (Phi) is 6.43. The molecule has 8 nitrogen and oxygen atoms in total. The zero-order valence-corrected chi connectivity index (χ0v) is 16.7. The van der Waals surface area contributed by atoms with Crippen LogP contribution in [0.2, 0.25) is 0 Å². The van der Waals surface area contributed by atoms with E-state index in [0.717, 1.165) is 10.5 Å². The van der Waals surface area contributed by atoms with Gasteiger partial charge in [0, 0.05) is 5.54 Å². The number of nitrogens with zero attached hydrogens (tertiary/aromatic N) is 1. The first-order chi connectivity index (χ1) is 13.0. The molecule has 2 rings (SSSR count). The molecule has 1 aliphatic heterocycles. The molecular formula is C20H27N3O5. The summed E-state index contributed by atoms with van der Waals surface area (Å²) in [6, 6.07) is 8.97. The van der Waals surface area contributed by atoms with Gasteiger partial charge in [0.05, 0.1) is 0 Å². The van der Waals surface area contributed by atoms with Gasteiger partial charge in [0.15, 0.2) is 6.61 Å². The largest absolute Gasteiger partial charge is 0.454 e. The van der Waals surface area contributed by atoms with E-state index in [1.165, 1.54) is 0 Å². The topological polar surface area (TPSA) is 105 Å². The maximum atomic E-state index is 12.7. The van der Waals surface area contributed by atoms with E-state index in [0.29, 0.717) is 12.8 Å². The number of urea groups is 1. The van der Waals surface area contributed by atoms with Gasteiger partial charge in [-0.15, -0.1) is 0 Å². The highest BCUT2D eigenvalue weighted by molar-refractivity contribution is 6.08. The first-order valence-electron chi connectivity index (χ1n) is 9.15. The third kappa shape index (κ3) is 5.80. The van der Waals surface area contributed by atoms with E-state index in [2.05, 4.69) is 10.6 Å². The lowest BCUT2D eigenvalue weighted by molar-refractivity contribution is -0.151. The van der Waals surface area contributed by atoms with Crippen LogP contribution < -0.4 is 10.6 Å². The van der Waals surface area contributed by atoms with Crippen LogP contribution in [0.3, 0.4) is 0 Å². The third-order valence-electron chi connectivity index (χ3n) is 4.27. The minimum Gasteiger partial charge on any atom is -0.454 e. The minimum atomic E-state index is -1.09. The number of esters is 1. The van der Waals surface area contributed by atoms with Crippen molar-refractivity contribution in [2.45, 2.75) is 51.6 Å². The van der Waals surface area contributed by atoms with Gasteiger partial charge in [0.1, 0.15) is 12.1 Å². The molecule has 1 aliphatic rings. The van der Waals surface area contributed by atoms with Crippen molar-refractivity contribution in [1.29, 1.82) is 0 Å². The number of benzene rings is 1. The van der Waals surface area contributed by atoms with Gasteiger partial charge in [0.25, 0.3) is 11.8 Å². The van der Waals surface area contributed by atoms with Gasteiger partial charge in [-0.25, -0.2) is 4.79 Å². The average Bonchev–Trinajstić information content (AvgIpc) is 2.81. The Balaban J connectivity index is 1.88. The van der Waals surface area contributed by atoms with Gasteiger partial charge in [-0.1, -0.05) is 30.3 Å². The average molecular weight is 389 g/mol. The van der Waals surface area contributed by atoms with Crippen LogP contribution in [0.15, 0.2) is 30.3 Å². The number of rotatable bonds is 7. The van der Waals surface area contributed by atoms with E-state index in [1.807, 2.05) is 30.3 Å². The fourth-order valence-electron chi connectivity index (χ4n) is 2.87. The molecule has 8 heteroatoms. The van der Waals surface area contributed by atoms with Gasteiger partial charge in [-0.3, -0.25) is 19.3 Å². The first kappa shape index (κ1) is 21.4. The number of imide groups is 1. The van der Waals surface area contributed by atoms with Crippen molar-refractivity contribution in [2.24, 2.45) is 0 Å². The molecule has 1 fully saturated rings. The number of ether oxygens (including phenoxy) is 1. The molecule has 1 aromatic rings. The number of hydrogen-bond donors (Lipinski definition) is 2. The Morgan fingerprint density at radius 3 is 2.43 bits per heavy atom. The van der Waals surface area contributed by atoms with Gasteiger partial charge in [-0.2, -0.15) is 0 Å². The summed E-state index contributed by atoms with van der Waals surface area (Å²) in [7, 11) is 0. The van der Waals surface area contributed by atoms with Gasteiger partial charge < -0.3 is 15.4 Å². The van der Waals surface area contributed by atoms with E-state index >= 15 is 0 Å². The van der Waals surface area contributed by atoms with E-state index in [-0.39, 0.29) is 0 Å². The number of carbonyl (C=O) groups excluding carboxylic acids is 4. The second-order valence-corrected chi connectivity index (χ2v) is 8.10. The standard InChI is InChI=1S/C20H27N3O5/c1-19(2,3)21-15(24)13-28-16(25)12-23-17(26)20(4,22-18(23)27)11-10-14-8-6-5-7-9-14/h5-9H,10-13H2,1-4H3,(H,21,24)(H,22,27)/t20-/m0/s1. The predicted octanol–water partition coefficient (Wildman–Crippen LogP) is 1.39. The summed E-state index contributed by atoms with van der Waals surface area (Å²) < 4.78 is 4.88. The Morgan fingerprint density at radius 1 is 1.18 bits per heavy atom. The van der Waals surface area contributed by atoms with Crippen LogP contribution in [0.1, 0.15) is 39.7 Å². The highest BCUT2D eigenvalue weighted by Crippen LogP contribution is 2.23. The van der Waals surface area contributed by atoms with Crippen LogP contribution in [0.5, 0.6) is 0 Å². The van der Waals surface area contributed by atoms with E-state index in [4.69, 9.17) is 4.74 Å². The van der Waals surface area contributed by atoms with Gasteiger partial charge in [0.2, 0.25) is 0 Å². The Morgan fingerprint density at radius 2 is 1.82 bits per heavy atom. The normalized spacial score (nSPS) is 19.4. The van der Waals surface area contributed by atoms with Crippen molar-refractivity contribution in [2.75, 3.05) is 13.2 Å². The predicted molar refractivity (Wildman–Crippen MR) is 102 cm³/mol. The molecule has 2 N–H and O–H groups in total. The summed E-state index contributed by atoms with van der Waals surface area (Å²) in [5.74, 6) is -1.75. The molecule has 0 aliphatic carbocycles. The molecule has 0 saturated carbocycles. The lowest BCUT2D eigenvalue weighted by Gasteiger charge is -2.22. The number of hydrogen-bond acceptors (Lipinski definition) is 5. The molecule has 1 aromatic carbocycles. The summed E-state index contributed by atoms with van der Waals surface area (Å²) in [6.07, 6.45) is 1.01. The molecule has 152 valence electrons. The Labute approximate surface area is 164 Å². The summed E-state index contributed by atoms with van der Waals surface area (Å²) in [4.78, 5) is 49.4. The van der Waals surface area contributed by atoms with Crippen molar-refractivity contribution in [3.8, 4) is 0 Å². The SMILES string of the molecule is CC(C)(C)NC(=O)COC(=O)CN1C(=O)N[C@@](C)(CCc2ccccc2)C1=O. The minimum absolute atomic E-state index is 0.404. The molecule has 0 spiro atoms. The molecule has 0 bridgehead atoms. The summed E-state index contributed by atoms with van der Waals surface area (Å²) in [6.45, 7) is 6.04. The lowest BCUT2D eigenvalue weighted by Crippen LogP contribution is -2.45. The van der Waals surface area contributed by atoms with Crippen molar-refractivity contribution in [3.63, 3.8) is 0 Å². The third-order valence-corrected chi connectivity index (χ3v) is 4.27. The zero-order chi connectivity index (χ0) is 20.9. The number of aryl methyl sites for hydroxylation is 1. The highest BCUT2D eigenvalue weighted by atomic mass is 16.5.